The molecule has 100 valence electrons. The Labute approximate surface area is 124 Å². The molecule has 0 N–H and O–H groups in total. The van der Waals surface area contributed by atoms with E-state index in [0.717, 1.165) is 0 Å². The number of hydrogen-bond acceptors (Lipinski definition) is 0. The zero-order chi connectivity index (χ0) is 13.6. The molecule has 2 aromatic carbocycles. The average molecular weight is 256 g/mol. The van der Waals surface area contributed by atoms with Crippen molar-refractivity contribution in [2.45, 2.75) is 0 Å². The van der Waals surface area contributed by atoms with E-state index in [2.05, 4.69) is 49.9 Å². The summed E-state index contributed by atoms with van der Waals surface area (Å²) in [6, 6.07) is 16.4. The Morgan fingerprint density at radius 1 is 0.650 bits per heavy atom. The summed E-state index contributed by atoms with van der Waals surface area (Å²) in [5.41, 5.74) is 4.88. The second-order valence-electron chi connectivity index (χ2n) is 4.51. The van der Waals surface area contributed by atoms with E-state index in [1.165, 1.54) is 22.3 Å². The number of allylic oxidation sites excluding steroid dienone is 4. The lowest BCUT2D eigenvalue weighted by Crippen LogP contribution is -1.91. The van der Waals surface area contributed by atoms with Gasteiger partial charge in [0.05, 0.1) is 0 Å². The van der Waals surface area contributed by atoms with E-state index in [0.29, 0.717) is 0 Å². The van der Waals surface area contributed by atoms with Gasteiger partial charge in [0.2, 0.25) is 0 Å². The molecule has 20 heavy (non-hydrogen) atoms. The first-order valence-corrected chi connectivity index (χ1v) is 6.64. The van der Waals surface area contributed by atoms with Crippen LogP contribution in [0.2, 0.25) is 0 Å². The van der Waals surface area contributed by atoms with Crippen LogP contribution in [0.4, 0.5) is 0 Å². The zero-order valence-corrected chi connectivity index (χ0v) is 11.1. The van der Waals surface area contributed by atoms with Crippen molar-refractivity contribution >= 4 is 0 Å². The molecule has 0 saturated carbocycles. The Bertz CT molecular complexity index is 530. The Hall–Kier alpha value is -2.60. The second kappa shape index (κ2) is 6.03. The van der Waals surface area contributed by atoms with E-state index in [9.17, 15) is 0 Å². The maximum atomic E-state index is 3.15. The minimum absolute atomic E-state index is 0. The van der Waals surface area contributed by atoms with Gasteiger partial charge in [0.1, 0.15) is 0 Å². The number of fused-ring (bicyclic) bond motifs is 2. The highest BCUT2D eigenvalue weighted by Crippen LogP contribution is 2.18. The van der Waals surface area contributed by atoms with Crippen molar-refractivity contribution in [3.63, 3.8) is 0 Å². The third-order valence-electron chi connectivity index (χ3n) is 3.14. The number of hydrogen-bond donors (Lipinski definition) is 0. The van der Waals surface area contributed by atoms with Crippen LogP contribution in [0.3, 0.4) is 0 Å². The molecule has 0 spiro atoms. The Balaban J connectivity index is 0.000000202. The van der Waals surface area contributed by atoms with Gasteiger partial charge in [-0.3, -0.25) is 12.1 Å². The molecule has 0 aliphatic heterocycles. The standard InChI is InChI=1S/2C10H7/c2*1-2-6-10-8-4-3-7-9(10)5-1/h2*1-7H/q2*-3/p+2. The molecule has 0 atom stereocenters. The van der Waals surface area contributed by atoms with Crippen LogP contribution in [0.25, 0.3) is 0 Å². The van der Waals surface area contributed by atoms with Crippen LogP contribution in [-0.2, 0) is 0 Å². The Morgan fingerprint density at radius 2 is 1.10 bits per heavy atom. The molecule has 0 bridgehead atoms. The Kier molecular flexibility index (Phi) is 3.75. The van der Waals surface area contributed by atoms with Crippen LogP contribution in [0.1, 0.15) is 25.1 Å². The Morgan fingerprint density at radius 3 is 1.55 bits per heavy atom. The molecule has 0 heteroatoms. The molecular formula is C20H16-4. The van der Waals surface area contributed by atoms with E-state index in [-0.39, 0.29) is 2.85 Å². The molecule has 0 amide bonds. The molecule has 2 aliphatic carbocycles. The van der Waals surface area contributed by atoms with Crippen LogP contribution in [-0.4, -0.2) is 0 Å². The molecule has 2 aromatic rings. The van der Waals surface area contributed by atoms with Crippen LogP contribution in [0.15, 0.2) is 72.8 Å². The summed E-state index contributed by atoms with van der Waals surface area (Å²) < 4.78 is 0. The second-order valence-corrected chi connectivity index (χ2v) is 4.51. The summed E-state index contributed by atoms with van der Waals surface area (Å²) in [6.07, 6.45) is 18.4. The lowest BCUT2D eigenvalue weighted by Gasteiger charge is -2.36. The maximum Gasteiger partial charge on any atom is 1.00 e. The van der Waals surface area contributed by atoms with Crippen molar-refractivity contribution < 1.29 is 2.85 Å². The van der Waals surface area contributed by atoms with Crippen molar-refractivity contribution in [2.75, 3.05) is 0 Å². The van der Waals surface area contributed by atoms with Gasteiger partial charge in [0.25, 0.3) is 0 Å². The molecule has 4 rings (SSSR count). The van der Waals surface area contributed by atoms with Crippen molar-refractivity contribution in [1.82, 2.24) is 0 Å². The lowest BCUT2D eigenvalue weighted by atomic mass is 9.97. The van der Waals surface area contributed by atoms with E-state index in [1.54, 1.807) is 0 Å². The van der Waals surface area contributed by atoms with Gasteiger partial charge in [-0.1, -0.05) is 0 Å². The van der Waals surface area contributed by atoms with E-state index < -0.39 is 0 Å². The molecular weight excluding hydrogens is 240 g/mol. The SMILES string of the molecule is [C-2]1C=C[CH-]c2ccccc21.[C-2]1C=C[CH-]c2ccccc21.[H+].[H+]. The molecule has 0 saturated heterocycles. The molecule has 2 aliphatic rings. The molecule has 0 fully saturated rings. The highest BCUT2D eigenvalue weighted by atomic mass is 14.1. The molecule has 0 unspecified atom stereocenters. The fourth-order valence-electron chi connectivity index (χ4n) is 2.13. The predicted octanol–water partition coefficient (Wildman–Crippen LogP) is 4.70. The number of benzene rings is 2. The number of rotatable bonds is 0. The normalized spacial score (nSPS) is 13.2. The van der Waals surface area contributed by atoms with Crippen molar-refractivity contribution in [2.24, 2.45) is 0 Å². The van der Waals surface area contributed by atoms with Gasteiger partial charge >= 0.3 is 2.85 Å². The highest BCUT2D eigenvalue weighted by molar-refractivity contribution is 5.47. The van der Waals surface area contributed by atoms with Crippen LogP contribution in [0, 0.1) is 25.7 Å². The van der Waals surface area contributed by atoms with Gasteiger partial charge in [-0.2, -0.15) is 12.1 Å². The van der Waals surface area contributed by atoms with Crippen molar-refractivity contribution in [1.29, 1.82) is 0 Å². The van der Waals surface area contributed by atoms with Crippen LogP contribution >= 0.6 is 0 Å². The summed E-state index contributed by atoms with van der Waals surface area (Å²) in [5, 5.41) is 0. The molecule has 0 aromatic heterocycles. The summed E-state index contributed by atoms with van der Waals surface area (Å²) in [5.74, 6) is 0. The van der Waals surface area contributed by atoms with Gasteiger partial charge in [0, 0.05) is 0 Å². The molecule has 0 heterocycles. The quantitative estimate of drug-likeness (QED) is 0.599. The monoisotopic (exact) mass is 256 g/mol. The largest absolute Gasteiger partial charge is 1.00 e. The summed E-state index contributed by atoms with van der Waals surface area (Å²) >= 11 is 0. The van der Waals surface area contributed by atoms with Gasteiger partial charge in [-0.25, -0.2) is 12.1 Å². The zero-order valence-electron chi connectivity index (χ0n) is 13.1. The van der Waals surface area contributed by atoms with Gasteiger partial charge in [0.15, 0.2) is 0 Å². The van der Waals surface area contributed by atoms with Gasteiger partial charge < -0.3 is 72.2 Å². The molecule has 0 nitrogen and oxygen atoms in total. The summed E-state index contributed by atoms with van der Waals surface area (Å²) in [4.78, 5) is 0. The van der Waals surface area contributed by atoms with Crippen molar-refractivity contribution in [3.05, 3.63) is 121 Å². The lowest BCUT2D eigenvalue weighted by molar-refractivity contribution is 1.37. The van der Waals surface area contributed by atoms with Crippen molar-refractivity contribution in [3.8, 4) is 0 Å². The average Bonchev–Trinajstić information content (AvgIpc) is 2.56. The minimum atomic E-state index is 0. The topological polar surface area (TPSA) is 0 Å². The first-order chi connectivity index (χ1) is 9.93. The van der Waals surface area contributed by atoms with Crippen LogP contribution in [0.5, 0.6) is 0 Å². The minimum Gasteiger partial charge on any atom is -0.383 e. The van der Waals surface area contributed by atoms with E-state index in [4.69, 9.17) is 0 Å². The van der Waals surface area contributed by atoms with Gasteiger partial charge in [-0.15, -0.1) is 12.1 Å². The fraction of sp³-hybridized carbons (Fsp3) is 0. The van der Waals surface area contributed by atoms with E-state index in [1.807, 2.05) is 48.6 Å². The highest BCUT2D eigenvalue weighted by Gasteiger charge is 1.74. The van der Waals surface area contributed by atoms with Gasteiger partial charge in [-0.05, 0) is 0 Å². The predicted molar refractivity (Wildman–Crippen MR) is 84.9 cm³/mol. The third kappa shape index (κ3) is 2.86. The summed E-state index contributed by atoms with van der Waals surface area (Å²) in [6.45, 7) is 0. The first-order valence-electron chi connectivity index (χ1n) is 6.64. The maximum absolute atomic E-state index is 3.15. The van der Waals surface area contributed by atoms with E-state index >= 15 is 0 Å². The summed E-state index contributed by atoms with van der Waals surface area (Å²) in [7, 11) is 0. The smallest absolute Gasteiger partial charge is 0.383 e. The third-order valence-corrected chi connectivity index (χ3v) is 3.14. The fourth-order valence-corrected chi connectivity index (χ4v) is 2.13. The molecule has 0 radical (unpaired) electrons. The first kappa shape index (κ1) is 12.4. The van der Waals surface area contributed by atoms with Crippen LogP contribution < -0.4 is 0 Å².